The van der Waals surface area contributed by atoms with Gasteiger partial charge in [0.1, 0.15) is 5.75 Å². The third-order valence-corrected chi connectivity index (χ3v) is 2.81. The number of aryl methyl sites for hydroxylation is 3. The molecule has 94 valence electrons. The summed E-state index contributed by atoms with van der Waals surface area (Å²) in [4.78, 5) is 4.40. The lowest BCUT2D eigenvalue weighted by Gasteiger charge is -2.09. The molecule has 1 aromatic heterocycles. The van der Waals surface area contributed by atoms with E-state index in [1.165, 1.54) is 11.1 Å². The van der Waals surface area contributed by atoms with Crippen LogP contribution in [-0.4, -0.2) is 4.98 Å². The van der Waals surface area contributed by atoms with Gasteiger partial charge in [0.25, 0.3) is 0 Å². The Morgan fingerprint density at radius 1 is 1.06 bits per heavy atom. The van der Waals surface area contributed by atoms with E-state index in [2.05, 4.69) is 24.9 Å². The van der Waals surface area contributed by atoms with E-state index in [-0.39, 0.29) is 0 Å². The van der Waals surface area contributed by atoms with Crippen LogP contribution in [0.3, 0.4) is 0 Å². The fourth-order valence-corrected chi connectivity index (χ4v) is 1.95. The van der Waals surface area contributed by atoms with E-state index in [1.807, 2.05) is 31.2 Å². The van der Waals surface area contributed by atoms with E-state index in [1.54, 1.807) is 0 Å². The zero-order valence-corrected chi connectivity index (χ0v) is 11.0. The third kappa shape index (κ3) is 2.87. The lowest BCUT2D eigenvalue weighted by molar-refractivity contribution is 0.460. The van der Waals surface area contributed by atoms with E-state index < -0.39 is 0 Å². The summed E-state index contributed by atoms with van der Waals surface area (Å²) in [5.74, 6) is 1.43. The summed E-state index contributed by atoms with van der Waals surface area (Å²) < 4.78 is 5.77. The molecule has 0 amide bonds. The topological polar surface area (TPSA) is 48.1 Å². The minimum atomic E-state index is 0.503. The number of rotatable bonds is 3. The molecule has 0 aliphatic rings. The Labute approximate surface area is 108 Å². The summed E-state index contributed by atoms with van der Waals surface area (Å²) in [6.45, 7) is 6.55. The summed E-state index contributed by atoms with van der Waals surface area (Å²) in [5.41, 5.74) is 9.93. The average molecular weight is 242 g/mol. The highest BCUT2D eigenvalue weighted by molar-refractivity contribution is 5.36. The molecule has 0 spiro atoms. The van der Waals surface area contributed by atoms with Gasteiger partial charge in [-0.3, -0.25) is 0 Å². The first-order chi connectivity index (χ1) is 8.58. The van der Waals surface area contributed by atoms with Gasteiger partial charge in [-0.1, -0.05) is 12.1 Å². The molecule has 0 atom stereocenters. The van der Waals surface area contributed by atoms with Crippen LogP contribution in [0.15, 0.2) is 30.3 Å². The van der Waals surface area contributed by atoms with Gasteiger partial charge in [0, 0.05) is 18.3 Å². The second-order valence-electron chi connectivity index (χ2n) is 4.52. The standard InChI is InChI=1S/C15H18N2O/c1-10-6-11(2)8-14(7-10)18-15-5-4-13(9-16)12(3)17-15/h4-8H,9,16H2,1-3H3. The van der Waals surface area contributed by atoms with Gasteiger partial charge in [-0.15, -0.1) is 0 Å². The van der Waals surface area contributed by atoms with E-state index in [9.17, 15) is 0 Å². The van der Waals surface area contributed by atoms with Gasteiger partial charge in [0.15, 0.2) is 0 Å². The van der Waals surface area contributed by atoms with Crippen LogP contribution in [0.1, 0.15) is 22.4 Å². The first kappa shape index (κ1) is 12.6. The Balaban J connectivity index is 2.25. The van der Waals surface area contributed by atoms with Crippen molar-refractivity contribution in [3.05, 3.63) is 52.7 Å². The molecule has 0 aliphatic carbocycles. The van der Waals surface area contributed by atoms with Gasteiger partial charge >= 0.3 is 0 Å². The molecule has 0 bridgehead atoms. The Kier molecular flexibility index (Phi) is 3.63. The summed E-state index contributed by atoms with van der Waals surface area (Å²) in [5, 5.41) is 0. The van der Waals surface area contributed by atoms with Crippen molar-refractivity contribution in [3.8, 4) is 11.6 Å². The number of nitrogens with zero attached hydrogens (tertiary/aromatic N) is 1. The van der Waals surface area contributed by atoms with Crippen molar-refractivity contribution < 1.29 is 4.74 Å². The van der Waals surface area contributed by atoms with Gasteiger partial charge in [-0.05, 0) is 49.6 Å². The zero-order valence-electron chi connectivity index (χ0n) is 11.0. The molecule has 0 saturated heterocycles. The number of ether oxygens (including phenoxy) is 1. The van der Waals surface area contributed by atoms with E-state index in [4.69, 9.17) is 10.5 Å². The van der Waals surface area contributed by atoms with Crippen LogP contribution in [-0.2, 0) is 6.54 Å². The first-order valence-corrected chi connectivity index (χ1v) is 6.01. The highest BCUT2D eigenvalue weighted by Crippen LogP contribution is 2.23. The second-order valence-corrected chi connectivity index (χ2v) is 4.52. The lowest BCUT2D eigenvalue weighted by atomic mass is 10.1. The molecule has 1 heterocycles. The molecule has 2 N–H and O–H groups in total. The number of hydrogen-bond donors (Lipinski definition) is 1. The van der Waals surface area contributed by atoms with Crippen LogP contribution >= 0.6 is 0 Å². The van der Waals surface area contributed by atoms with Gasteiger partial charge in [-0.2, -0.15) is 0 Å². The number of benzene rings is 1. The maximum Gasteiger partial charge on any atom is 0.219 e. The predicted molar refractivity (Wildman–Crippen MR) is 72.9 cm³/mol. The number of nitrogens with two attached hydrogens (primary N) is 1. The first-order valence-electron chi connectivity index (χ1n) is 6.01. The van der Waals surface area contributed by atoms with Crippen molar-refractivity contribution in [2.75, 3.05) is 0 Å². The Morgan fingerprint density at radius 3 is 2.28 bits per heavy atom. The van der Waals surface area contributed by atoms with Crippen LogP contribution < -0.4 is 10.5 Å². The smallest absolute Gasteiger partial charge is 0.219 e. The molecule has 2 rings (SSSR count). The monoisotopic (exact) mass is 242 g/mol. The van der Waals surface area contributed by atoms with Gasteiger partial charge in [0.05, 0.1) is 0 Å². The number of pyridine rings is 1. The molecule has 0 radical (unpaired) electrons. The normalized spacial score (nSPS) is 10.4. The summed E-state index contributed by atoms with van der Waals surface area (Å²) in [7, 11) is 0. The van der Waals surface area contributed by atoms with E-state index in [0.717, 1.165) is 17.0 Å². The molecule has 3 nitrogen and oxygen atoms in total. The van der Waals surface area contributed by atoms with Crippen molar-refractivity contribution in [2.24, 2.45) is 5.73 Å². The summed E-state index contributed by atoms with van der Waals surface area (Å²) in [6, 6.07) is 9.93. The summed E-state index contributed by atoms with van der Waals surface area (Å²) in [6.07, 6.45) is 0. The van der Waals surface area contributed by atoms with E-state index >= 15 is 0 Å². The van der Waals surface area contributed by atoms with Crippen LogP contribution in [0.2, 0.25) is 0 Å². The molecular formula is C15H18N2O. The maximum absolute atomic E-state index is 5.77. The average Bonchev–Trinajstić information content (AvgIpc) is 2.27. The summed E-state index contributed by atoms with van der Waals surface area (Å²) >= 11 is 0. The van der Waals surface area contributed by atoms with Crippen molar-refractivity contribution in [3.63, 3.8) is 0 Å². The third-order valence-electron chi connectivity index (χ3n) is 2.81. The van der Waals surface area contributed by atoms with Crippen molar-refractivity contribution in [1.29, 1.82) is 0 Å². The number of aromatic nitrogens is 1. The molecule has 2 aromatic rings. The van der Waals surface area contributed by atoms with Crippen LogP contribution in [0.4, 0.5) is 0 Å². The zero-order chi connectivity index (χ0) is 13.1. The molecule has 3 heteroatoms. The predicted octanol–water partition coefficient (Wildman–Crippen LogP) is 3.26. The maximum atomic E-state index is 5.77. The fourth-order valence-electron chi connectivity index (χ4n) is 1.95. The highest BCUT2D eigenvalue weighted by atomic mass is 16.5. The Bertz CT molecular complexity index is 544. The molecule has 0 unspecified atom stereocenters. The fraction of sp³-hybridized carbons (Fsp3) is 0.267. The van der Waals surface area contributed by atoms with Gasteiger partial charge < -0.3 is 10.5 Å². The van der Waals surface area contributed by atoms with Gasteiger partial charge in [0.2, 0.25) is 5.88 Å². The van der Waals surface area contributed by atoms with Gasteiger partial charge in [-0.25, -0.2) is 4.98 Å². The molecular weight excluding hydrogens is 224 g/mol. The highest BCUT2D eigenvalue weighted by Gasteiger charge is 2.03. The molecule has 0 aliphatic heterocycles. The van der Waals surface area contributed by atoms with Crippen molar-refractivity contribution in [1.82, 2.24) is 4.98 Å². The van der Waals surface area contributed by atoms with E-state index in [0.29, 0.717) is 12.4 Å². The SMILES string of the molecule is Cc1cc(C)cc(Oc2ccc(CN)c(C)n2)c1. The molecule has 0 fully saturated rings. The van der Waals surface area contributed by atoms with Crippen molar-refractivity contribution >= 4 is 0 Å². The van der Waals surface area contributed by atoms with Crippen LogP contribution in [0.25, 0.3) is 0 Å². The Hall–Kier alpha value is -1.87. The molecule has 0 saturated carbocycles. The number of hydrogen-bond acceptors (Lipinski definition) is 3. The minimum absolute atomic E-state index is 0.503. The lowest BCUT2D eigenvalue weighted by Crippen LogP contribution is -2.01. The van der Waals surface area contributed by atoms with Crippen molar-refractivity contribution in [2.45, 2.75) is 27.3 Å². The van der Waals surface area contributed by atoms with Crippen LogP contribution in [0.5, 0.6) is 11.6 Å². The molecule has 1 aromatic carbocycles. The second kappa shape index (κ2) is 5.19. The minimum Gasteiger partial charge on any atom is -0.439 e. The van der Waals surface area contributed by atoms with Crippen LogP contribution in [0, 0.1) is 20.8 Å². The quantitative estimate of drug-likeness (QED) is 0.898. The Morgan fingerprint density at radius 2 is 1.72 bits per heavy atom. The largest absolute Gasteiger partial charge is 0.439 e. The molecule has 18 heavy (non-hydrogen) atoms.